The van der Waals surface area contributed by atoms with Crippen LogP contribution in [0, 0.1) is 0 Å². The second kappa shape index (κ2) is 6.85. The standard InChI is InChI=1S/C23H20N4O/c1-2-9-28-23-14-21-12-19-6-5-17(25-19)10-15-3-4-16(24-15)11-18-7-8-20(26-18)13-22(23)27-21/h3-8,10-14,25,27H,2,9H2,1H3. The summed E-state index contributed by atoms with van der Waals surface area (Å²) in [5.74, 6) is 0.839. The van der Waals surface area contributed by atoms with Crippen molar-refractivity contribution >= 4 is 46.4 Å². The van der Waals surface area contributed by atoms with E-state index in [0.29, 0.717) is 6.61 Å². The molecule has 3 aromatic rings. The van der Waals surface area contributed by atoms with E-state index < -0.39 is 0 Å². The third-order valence-electron chi connectivity index (χ3n) is 4.59. The lowest BCUT2D eigenvalue weighted by Crippen LogP contribution is -1.93. The van der Waals surface area contributed by atoms with E-state index in [-0.39, 0.29) is 0 Å². The molecule has 5 heteroatoms. The number of rotatable bonds is 3. The van der Waals surface area contributed by atoms with Gasteiger partial charge in [-0.1, -0.05) is 6.92 Å². The van der Waals surface area contributed by atoms with Gasteiger partial charge in [0.15, 0.2) is 0 Å². The van der Waals surface area contributed by atoms with Crippen molar-refractivity contribution in [1.29, 1.82) is 0 Å². The summed E-state index contributed by atoms with van der Waals surface area (Å²) in [5, 5.41) is 0. The summed E-state index contributed by atoms with van der Waals surface area (Å²) in [4.78, 5) is 16.2. The van der Waals surface area contributed by atoms with E-state index in [1.54, 1.807) is 0 Å². The monoisotopic (exact) mass is 368 g/mol. The Morgan fingerprint density at radius 2 is 1.36 bits per heavy atom. The summed E-state index contributed by atoms with van der Waals surface area (Å²) < 4.78 is 5.94. The molecule has 2 aliphatic rings. The quantitative estimate of drug-likeness (QED) is 0.445. The predicted molar refractivity (Wildman–Crippen MR) is 115 cm³/mol. The molecule has 28 heavy (non-hydrogen) atoms. The molecule has 0 unspecified atom stereocenters. The first kappa shape index (κ1) is 16.6. The van der Waals surface area contributed by atoms with Crippen LogP contribution in [0.4, 0.5) is 0 Å². The van der Waals surface area contributed by atoms with Crippen molar-refractivity contribution in [3.05, 3.63) is 65.2 Å². The summed E-state index contributed by atoms with van der Waals surface area (Å²) in [6.45, 7) is 2.78. The SMILES string of the molecule is CCCOc1cc2cc3ccc(cc4nc(cc5nc(cc1[nH]2)C=C5)C=C4)[nH]3. The molecule has 2 N–H and O–H groups in total. The number of hydrogen-bond donors (Lipinski definition) is 2. The van der Waals surface area contributed by atoms with Crippen molar-refractivity contribution in [2.45, 2.75) is 13.3 Å². The van der Waals surface area contributed by atoms with Crippen LogP contribution in [-0.2, 0) is 0 Å². The van der Waals surface area contributed by atoms with Crippen molar-refractivity contribution in [3.8, 4) is 5.75 Å². The molecule has 0 aromatic carbocycles. The van der Waals surface area contributed by atoms with Crippen LogP contribution in [0.15, 0.2) is 42.5 Å². The Morgan fingerprint density at radius 3 is 2.07 bits per heavy atom. The normalized spacial score (nSPS) is 12.5. The molecule has 0 amide bonds. The molecule has 0 aliphatic carbocycles. The topological polar surface area (TPSA) is 66.6 Å². The highest BCUT2D eigenvalue weighted by Crippen LogP contribution is 2.24. The van der Waals surface area contributed by atoms with E-state index in [2.05, 4.69) is 45.1 Å². The molecule has 8 bridgehead atoms. The van der Waals surface area contributed by atoms with Gasteiger partial charge in [-0.25, -0.2) is 9.97 Å². The zero-order valence-corrected chi connectivity index (χ0v) is 15.6. The summed E-state index contributed by atoms with van der Waals surface area (Å²) >= 11 is 0. The van der Waals surface area contributed by atoms with Gasteiger partial charge in [0.25, 0.3) is 0 Å². The third-order valence-corrected chi connectivity index (χ3v) is 4.59. The Bertz CT molecular complexity index is 1260. The van der Waals surface area contributed by atoms with Gasteiger partial charge < -0.3 is 14.7 Å². The molecule has 138 valence electrons. The fourth-order valence-electron chi connectivity index (χ4n) is 3.32. The maximum absolute atomic E-state index is 5.94. The van der Waals surface area contributed by atoms with Crippen LogP contribution in [0.5, 0.6) is 5.75 Å². The van der Waals surface area contributed by atoms with Gasteiger partial charge in [-0.2, -0.15) is 0 Å². The summed E-state index contributed by atoms with van der Waals surface area (Å²) in [6, 6.07) is 14.3. The lowest BCUT2D eigenvalue weighted by Gasteiger charge is -2.00. The van der Waals surface area contributed by atoms with E-state index in [4.69, 9.17) is 4.74 Å². The second-order valence-electron chi connectivity index (χ2n) is 6.89. The van der Waals surface area contributed by atoms with Crippen molar-refractivity contribution in [2.75, 3.05) is 6.61 Å². The van der Waals surface area contributed by atoms with Crippen LogP contribution in [-0.4, -0.2) is 26.5 Å². The van der Waals surface area contributed by atoms with Crippen LogP contribution >= 0.6 is 0 Å². The Hall–Kier alpha value is -3.60. The minimum absolute atomic E-state index is 0.679. The first-order valence-corrected chi connectivity index (χ1v) is 9.46. The van der Waals surface area contributed by atoms with Gasteiger partial charge >= 0.3 is 0 Å². The predicted octanol–water partition coefficient (Wildman–Crippen LogP) is 5.44. The summed E-state index contributed by atoms with van der Waals surface area (Å²) in [7, 11) is 0. The van der Waals surface area contributed by atoms with E-state index >= 15 is 0 Å². The molecule has 0 saturated heterocycles. The van der Waals surface area contributed by atoms with Crippen LogP contribution in [0.1, 0.15) is 36.1 Å². The lowest BCUT2D eigenvalue weighted by atomic mass is 10.3. The first-order valence-electron chi connectivity index (χ1n) is 9.46. The fraction of sp³-hybridized carbons (Fsp3) is 0.130. The van der Waals surface area contributed by atoms with Crippen LogP contribution in [0.3, 0.4) is 0 Å². The maximum atomic E-state index is 5.94. The highest BCUT2D eigenvalue weighted by Gasteiger charge is 2.05. The molecular weight excluding hydrogens is 348 g/mol. The molecule has 0 atom stereocenters. The Balaban J connectivity index is 1.79. The average molecular weight is 368 g/mol. The number of hydrogen-bond acceptors (Lipinski definition) is 3. The van der Waals surface area contributed by atoms with Crippen LogP contribution < -0.4 is 4.74 Å². The molecule has 5 nitrogen and oxygen atoms in total. The summed E-state index contributed by atoms with van der Waals surface area (Å²) in [5.41, 5.74) is 7.51. The zero-order chi connectivity index (χ0) is 18.9. The molecule has 0 saturated carbocycles. The Morgan fingerprint density at radius 1 is 0.714 bits per heavy atom. The van der Waals surface area contributed by atoms with Crippen LogP contribution in [0.25, 0.3) is 46.4 Å². The van der Waals surface area contributed by atoms with Gasteiger partial charge in [0, 0.05) is 22.6 Å². The van der Waals surface area contributed by atoms with Gasteiger partial charge in [0.1, 0.15) is 5.75 Å². The van der Waals surface area contributed by atoms with Gasteiger partial charge in [-0.3, -0.25) is 0 Å². The molecule has 5 heterocycles. The Kier molecular flexibility index (Phi) is 4.05. The first-order chi connectivity index (χ1) is 13.7. The minimum atomic E-state index is 0.679. The minimum Gasteiger partial charge on any atom is -0.491 e. The second-order valence-corrected chi connectivity index (χ2v) is 6.89. The molecule has 2 aliphatic heterocycles. The number of nitrogens with zero attached hydrogens (tertiary/aromatic N) is 2. The lowest BCUT2D eigenvalue weighted by molar-refractivity contribution is 0.321. The van der Waals surface area contributed by atoms with Crippen molar-refractivity contribution in [2.24, 2.45) is 0 Å². The van der Waals surface area contributed by atoms with Gasteiger partial charge in [-0.05, 0) is 67.1 Å². The number of ether oxygens (including phenoxy) is 1. The number of H-pyrrole nitrogens is 2. The number of nitrogens with one attached hydrogen (secondary N) is 2. The highest BCUT2D eigenvalue weighted by molar-refractivity contribution is 5.79. The molecule has 5 rings (SSSR count). The molecule has 3 aromatic heterocycles. The fourth-order valence-corrected chi connectivity index (χ4v) is 3.32. The van der Waals surface area contributed by atoms with Crippen LogP contribution in [0.2, 0.25) is 0 Å². The highest BCUT2D eigenvalue weighted by atomic mass is 16.5. The van der Waals surface area contributed by atoms with E-state index in [9.17, 15) is 0 Å². The average Bonchev–Trinajstić information content (AvgIpc) is 3.45. The smallest absolute Gasteiger partial charge is 0.144 e. The number of aromatic amines is 2. The van der Waals surface area contributed by atoms with Crippen molar-refractivity contribution in [1.82, 2.24) is 19.9 Å². The van der Waals surface area contributed by atoms with Gasteiger partial charge in [-0.15, -0.1) is 0 Å². The molecule has 0 radical (unpaired) electrons. The van der Waals surface area contributed by atoms with Gasteiger partial charge in [0.2, 0.25) is 0 Å². The zero-order valence-electron chi connectivity index (χ0n) is 15.6. The molecule has 0 spiro atoms. The van der Waals surface area contributed by atoms with E-state index in [1.165, 1.54) is 0 Å². The van der Waals surface area contributed by atoms with E-state index in [1.807, 2.05) is 48.6 Å². The molecule has 0 fully saturated rings. The number of fused-ring (bicyclic) bond motifs is 8. The van der Waals surface area contributed by atoms with E-state index in [0.717, 1.165) is 57.0 Å². The largest absolute Gasteiger partial charge is 0.491 e. The molecular formula is C23H20N4O. The Labute approximate surface area is 162 Å². The van der Waals surface area contributed by atoms with Crippen molar-refractivity contribution in [3.63, 3.8) is 0 Å². The number of aromatic nitrogens is 4. The maximum Gasteiger partial charge on any atom is 0.144 e. The van der Waals surface area contributed by atoms with Crippen molar-refractivity contribution < 1.29 is 4.74 Å². The third kappa shape index (κ3) is 3.34. The summed E-state index contributed by atoms with van der Waals surface area (Å²) in [6.07, 6.45) is 8.98. The van der Waals surface area contributed by atoms with Gasteiger partial charge in [0.05, 0.1) is 34.9 Å².